The minimum Gasteiger partial charge on any atom is -0.381 e. The van der Waals surface area contributed by atoms with Crippen molar-refractivity contribution in [3.63, 3.8) is 0 Å². The number of nitrogens with two attached hydrogens (primary N) is 1. The molecule has 0 atom stereocenters. The number of ketones is 1. The van der Waals surface area contributed by atoms with Crippen LogP contribution in [0.3, 0.4) is 0 Å². The first-order valence-corrected chi connectivity index (χ1v) is 8.97. The minimum atomic E-state index is -0.209. The topological polar surface area (TPSA) is 105 Å². The number of hydrazine groups is 1. The van der Waals surface area contributed by atoms with Crippen molar-refractivity contribution in [1.82, 2.24) is 25.0 Å². The molecule has 0 unspecified atom stereocenters. The highest BCUT2D eigenvalue weighted by atomic mass is 16.3. The molecule has 0 aliphatic carbocycles. The average molecular weight is 358 g/mol. The van der Waals surface area contributed by atoms with E-state index in [1.54, 1.807) is 6.92 Å². The summed E-state index contributed by atoms with van der Waals surface area (Å²) in [6, 6.07) is 0. The van der Waals surface area contributed by atoms with Gasteiger partial charge in [-0.05, 0) is 13.5 Å². The maximum Gasteiger partial charge on any atom is 0.248 e. The predicted molar refractivity (Wildman–Crippen MR) is 96.7 cm³/mol. The number of hydrogen-bond donors (Lipinski definition) is 3. The fourth-order valence-electron chi connectivity index (χ4n) is 2.92. The number of likely N-dealkylation sites (N-methyl/N-ethyl adjacent to an activating group) is 1. The van der Waals surface area contributed by atoms with Crippen LogP contribution in [0.5, 0.6) is 0 Å². The highest BCUT2D eigenvalue weighted by molar-refractivity contribution is 5.77. The summed E-state index contributed by atoms with van der Waals surface area (Å²) < 4.78 is 0. The third kappa shape index (κ3) is 9.24. The van der Waals surface area contributed by atoms with Crippen molar-refractivity contribution in [1.29, 1.82) is 0 Å². The van der Waals surface area contributed by atoms with E-state index >= 15 is 0 Å². The van der Waals surface area contributed by atoms with E-state index in [0.29, 0.717) is 32.7 Å². The van der Waals surface area contributed by atoms with Crippen LogP contribution in [0, 0.1) is 0 Å². The van der Waals surface area contributed by atoms with Crippen molar-refractivity contribution in [2.24, 2.45) is 5.84 Å². The molecular weight excluding hydrogens is 324 g/mol. The number of aliphatic hydroxyl groups is 1. The lowest BCUT2D eigenvalue weighted by Gasteiger charge is -2.32. The Hall–Kier alpha value is -1.10. The summed E-state index contributed by atoms with van der Waals surface area (Å²) in [5.74, 6) is 5.13. The van der Waals surface area contributed by atoms with Gasteiger partial charge in [0.15, 0.2) is 0 Å². The number of Topliss-reactive ketones (excluding diaryl/α,β-unsaturated/α-hetero) is 1. The number of nitrogens with one attached hydrogen (secondary N) is 1. The molecule has 0 radical (unpaired) electrons. The van der Waals surface area contributed by atoms with Gasteiger partial charge in [-0.3, -0.25) is 29.7 Å². The van der Waals surface area contributed by atoms with Crippen molar-refractivity contribution < 1.29 is 14.7 Å². The third-order valence-electron chi connectivity index (χ3n) is 4.55. The van der Waals surface area contributed by atoms with E-state index in [4.69, 9.17) is 5.84 Å². The van der Waals surface area contributed by atoms with Gasteiger partial charge in [0, 0.05) is 52.4 Å². The molecule has 9 nitrogen and oxygen atoms in total. The van der Waals surface area contributed by atoms with Gasteiger partial charge < -0.3 is 10.0 Å². The smallest absolute Gasteiger partial charge is 0.248 e. The number of aliphatic hydroxyl groups excluding tert-OH is 1. The summed E-state index contributed by atoms with van der Waals surface area (Å²) >= 11 is 0. The first-order chi connectivity index (χ1) is 12.0. The quantitative estimate of drug-likeness (QED) is 0.278. The number of hydrogen-bond acceptors (Lipinski definition) is 8. The molecule has 1 aliphatic heterocycles. The Kier molecular flexibility index (Phi) is 10.8. The lowest BCUT2D eigenvalue weighted by Crippen LogP contribution is -2.49. The van der Waals surface area contributed by atoms with Gasteiger partial charge in [-0.1, -0.05) is 6.92 Å². The van der Waals surface area contributed by atoms with Gasteiger partial charge in [0.05, 0.1) is 19.8 Å². The monoisotopic (exact) mass is 358 g/mol. The fraction of sp³-hybridized carbons (Fsp3) is 0.875. The molecule has 0 spiro atoms. The lowest BCUT2D eigenvalue weighted by molar-refractivity contribution is -0.123. The first-order valence-electron chi connectivity index (χ1n) is 8.97. The Morgan fingerprint density at radius 3 is 1.72 bits per heavy atom. The van der Waals surface area contributed by atoms with Crippen LogP contribution in [0.2, 0.25) is 0 Å². The van der Waals surface area contributed by atoms with E-state index in [1.807, 2.05) is 4.90 Å². The molecule has 146 valence electrons. The first kappa shape index (κ1) is 21.9. The van der Waals surface area contributed by atoms with Crippen LogP contribution in [0.15, 0.2) is 0 Å². The molecular formula is C16H34N6O3. The van der Waals surface area contributed by atoms with Crippen molar-refractivity contribution in [3.8, 4) is 0 Å². The maximum absolute atomic E-state index is 11.7. The largest absolute Gasteiger partial charge is 0.381 e. The van der Waals surface area contributed by atoms with E-state index in [9.17, 15) is 14.7 Å². The van der Waals surface area contributed by atoms with Crippen LogP contribution in [-0.2, 0) is 9.59 Å². The van der Waals surface area contributed by atoms with Crippen LogP contribution in [0.25, 0.3) is 0 Å². The Morgan fingerprint density at radius 1 is 0.880 bits per heavy atom. The number of carbonyl (C=O) groups excluding carboxylic acids is 2. The molecule has 0 bridgehead atoms. The molecule has 0 aromatic heterocycles. The van der Waals surface area contributed by atoms with Crippen LogP contribution in [0.1, 0.15) is 13.8 Å². The van der Waals surface area contributed by atoms with Gasteiger partial charge in [-0.25, -0.2) is 5.84 Å². The molecule has 1 saturated heterocycles. The van der Waals surface area contributed by atoms with Crippen molar-refractivity contribution in [3.05, 3.63) is 0 Å². The zero-order valence-corrected chi connectivity index (χ0v) is 15.6. The van der Waals surface area contributed by atoms with E-state index in [-0.39, 0.29) is 25.0 Å². The van der Waals surface area contributed by atoms with Crippen molar-refractivity contribution in [2.45, 2.75) is 13.8 Å². The highest BCUT2D eigenvalue weighted by Gasteiger charge is 2.17. The maximum atomic E-state index is 11.7. The minimum absolute atomic E-state index is 0.0221. The van der Waals surface area contributed by atoms with Crippen LogP contribution in [0.4, 0.5) is 0 Å². The highest BCUT2D eigenvalue weighted by Crippen LogP contribution is 2.00. The zero-order valence-electron chi connectivity index (χ0n) is 15.6. The van der Waals surface area contributed by atoms with Crippen LogP contribution >= 0.6 is 0 Å². The molecule has 9 heteroatoms. The van der Waals surface area contributed by atoms with Gasteiger partial charge in [0.1, 0.15) is 5.78 Å². The Morgan fingerprint density at radius 2 is 1.32 bits per heavy atom. The van der Waals surface area contributed by atoms with E-state index in [1.165, 1.54) is 0 Å². The Bertz CT molecular complexity index is 409. The molecule has 0 aromatic rings. The van der Waals surface area contributed by atoms with E-state index < -0.39 is 0 Å². The Labute approximate surface area is 150 Å². The van der Waals surface area contributed by atoms with Gasteiger partial charge in [0.25, 0.3) is 0 Å². The summed E-state index contributed by atoms with van der Waals surface area (Å²) in [6.45, 7) is 11.3. The molecule has 1 aliphatic rings. The fourth-order valence-corrected chi connectivity index (χ4v) is 2.92. The SMILES string of the molecule is CCN1CCN(CO)CCN(CC(C)=O)CCN(CC(=O)NN)CC1. The summed E-state index contributed by atoms with van der Waals surface area (Å²) in [4.78, 5) is 31.6. The molecule has 0 saturated carbocycles. The van der Waals surface area contributed by atoms with Crippen LogP contribution in [-0.4, -0.2) is 115 Å². The summed E-state index contributed by atoms with van der Waals surface area (Å²) in [6.07, 6.45) is 0. The van der Waals surface area contributed by atoms with Gasteiger partial charge in [-0.15, -0.1) is 0 Å². The lowest BCUT2D eigenvalue weighted by atomic mass is 10.3. The van der Waals surface area contributed by atoms with Gasteiger partial charge in [0.2, 0.25) is 5.91 Å². The predicted octanol–water partition coefficient (Wildman–Crippen LogP) is -2.24. The average Bonchev–Trinajstić information content (AvgIpc) is 2.59. The summed E-state index contributed by atoms with van der Waals surface area (Å²) in [5, 5.41) is 9.55. The van der Waals surface area contributed by atoms with E-state index in [2.05, 4.69) is 27.0 Å². The molecule has 1 fully saturated rings. The normalized spacial score (nSPS) is 20.6. The Balaban J connectivity index is 2.76. The molecule has 4 N–H and O–H groups in total. The summed E-state index contributed by atoms with van der Waals surface area (Å²) in [5.41, 5.74) is 2.18. The van der Waals surface area contributed by atoms with Crippen molar-refractivity contribution in [2.75, 3.05) is 78.7 Å². The van der Waals surface area contributed by atoms with Gasteiger partial charge >= 0.3 is 0 Å². The molecule has 25 heavy (non-hydrogen) atoms. The molecule has 1 heterocycles. The van der Waals surface area contributed by atoms with Crippen molar-refractivity contribution >= 4 is 11.7 Å². The molecule has 1 amide bonds. The molecule has 0 aromatic carbocycles. The van der Waals surface area contributed by atoms with E-state index in [0.717, 1.165) is 32.7 Å². The second kappa shape index (κ2) is 12.3. The second-order valence-corrected chi connectivity index (χ2v) is 6.52. The van der Waals surface area contributed by atoms with Crippen LogP contribution < -0.4 is 11.3 Å². The zero-order chi connectivity index (χ0) is 18.7. The number of amides is 1. The molecule has 1 rings (SSSR count). The summed E-state index contributed by atoms with van der Waals surface area (Å²) in [7, 11) is 0. The second-order valence-electron chi connectivity index (χ2n) is 6.52. The van der Waals surface area contributed by atoms with Gasteiger partial charge in [-0.2, -0.15) is 0 Å². The number of rotatable bonds is 6. The third-order valence-corrected chi connectivity index (χ3v) is 4.55. The number of nitrogens with zero attached hydrogens (tertiary/aromatic N) is 4. The number of carbonyl (C=O) groups is 2. The standard InChI is InChI=1S/C16H34N6O3/c1-3-19-4-6-21(13-16(25)18-17)8-7-20(12-15(2)24)9-11-22(14-23)10-5-19/h23H,3-14,17H2,1-2H3,(H,18,25).